The molecule has 32 heavy (non-hydrogen) atoms. The lowest BCUT2D eigenvalue weighted by Crippen LogP contribution is -2.16. The molecule has 0 aliphatic heterocycles. The van der Waals surface area contributed by atoms with Crippen LogP contribution < -0.4 is 4.74 Å². The number of benzene rings is 1. The molecule has 7 heteroatoms. The van der Waals surface area contributed by atoms with Crippen molar-refractivity contribution in [1.29, 1.82) is 0 Å². The van der Waals surface area contributed by atoms with Gasteiger partial charge >= 0.3 is 5.97 Å². The fourth-order valence-electron chi connectivity index (χ4n) is 3.40. The zero-order valence-corrected chi connectivity index (χ0v) is 18.8. The maximum absolute atomic E-state index is 12.2. The fourth-order valence-corrected chi connectivity index (χ4v) is 4.22. The van der Waals surface area contributed by atoms with Gasteiger partial charge in [0.1, 0.15) is 5.76 Å². The highest BCUT2D eigenvalue weighted by atomic mass is 32.1. The van der Waals surface area contributed by atoms with Crippen LogP contribution in [0.25, 0.3) is 11.5 Å². The van der Waals surface area contributed by atoms with E-state index in [1.165, 1.54) is 7.11 Å². The minimum atomic E-state index is -0.331. The van der Waals surface area contributed by atoms with Crippen molar-refractivity contribution in [2.45, 2.75) is 25.7 Å². The third-order valence-electron chi connectivity index (χ3n) is 5.11. The van der Waals surface area contributed by atoms with Gasteiger partial charge in [0.15, 0.2) is 0 Å². The lowest BCUT2D eigenvalue weighted by atomic mass is 9.99. The monoisotopic (exact) mass is 448 g/mol. The van der Waals surface area contributed by atoms with Crippen LogP contribution in [0.1, 0.15) is 27.8 Å². The Balaban J connectivity index is 1.33. The van der Waals surface area contributed by atoms with E-state index in [4.69, 9.17) is 13.9 Å². The summed E-state index contributed by atoms with van der Waals surface area (Å²) in [5.74, 6) is 1.36. The van der Waals surface area contributed by atoms with Crippen molar-refractivity contribution in [3.63, 3.8) is 0 Å². The molecule has 0 aliphatic rings. The second-order valence-corrected chi connectivity index (χ2v) is 8.27. The first-order valence-electron chi connectivity index (χ1n) is 10.3. The molecular formula is C25H24N2O4S. The number of methoxy groups -OCH3 is 1. The molecule has 0 radical (unpaired) electrons. The van der Waals surface area contributed by atoms with Crippen molar-refractivity contribution in [2.24, 2.45) is 0 Å². The summed E-state index contributed by atoms with van der Waals surface area (Å²) in [6.07, 6.45) is 2.89. The first-order valence-corrected chi connectivity index (χ1v) is 11.2. The minimum Gasteiger partial charge on any atom is -0.477 e. The van der Waals surface area contributed by atoms with Crippen molar-refractivity contribution in [2.75, 3.05) is 13.7 Å². The number of hydrogen-bond donors (Lipinski definition) is 0. The highest BCUT2D eigenvalue weighted by Crippen LogP contribution is 2.27. The van der Waals surface area contributed by atoms with Crippen molar-refractivity contribution in [3.8, 4) is 17.3 Å². The molecule has 0 aliphatic carbocycles. The summed E-state index contributed by atoms with van der Waals surface area (Å²) >= 11 is 1.55. The van der Waals surface area contributed by atoms with E-state index in [9.17, 15) is 4.79 Å². The average molecular weight is 449 g/mol. The van der Waals surface area contributed by atoms with E-state index in [-0.39, 0.29) is 11.9 Å². The van der Waals surface area contributed by atoms with Crippen LogP contribution in [0.15, 0.2) is 70.6 Å². The Morgan fingerprint density at radius 2 is 1.97 bits per heavy atom. The summed E-state index contributed by atoms with van der Waals surface area (Å²) in [6.45, 7) is 2.35. The normalized spacial score (nSPS) is 11.8. The van der Waals surface area contributed by atoms with Gasteiger partial charge in [0.25, 0.3) is 0 Å². The van der Waals surface area contributed by atoms with Crippen LogP contribution in [0.2, 0.25) is 0 Å². The summed E-state index contributed by atoms with van der Waals surface area (Å²) in [7, 11) is 1.41. The van der Waals surface area contributed by atoms with Gasteiger partial charge in [-0.05, 0) is 42.5 Å². The number of aryl methyl sites for hydroxylation is 1. The van der Waals surface area contributed by atoms with Gasteiger partial charge in [0.05, 0.1) is 25.3 Å². The second-order valence-electron chi connectivity index (χ2n) is 7.29. The molecule has 0 spiro atoms. The summed E-state index contributed by atoms with van der Waals surface area (Å²) < 4.78 is 16.6. The van der Waals surface area contributed by atoms with E-state index in [1.54, 1.807) is 17.5 Å². The molecule has 3 heterocycles. The molecule has 0 amide bonds. The molecule has 4 aromatic rings. The van der Waals surface area contributed by atoms with E-state index in [0.29, 0.717) is 31.2 Å². The Morgan fingerprint density at radius 3 is 2.66 bits per heavy atom. The Hall–Kier alpha value is -3.45. The molecule has 0 saturated heterocycles. The van der Waals surface area contributed by atoms with Gasteiger partial charge < -0.3 is 13.9 Å². The van der Waals surface area contributed by atoms with E-state index in [0.717, 1.165) is 27.5 Å². The first-order chi connectivity index (χ1) is 15.6. The summed E-state index contributed by atoms with van der Waals surface area (Å²) in [5, 5.41) is 1.96. The van der Waals surface area contributed by atoms with Crippen LogP contribution >= 0.6 is 11.3 Å². The van der Waals surface area contributed by atoms with Crippen LogP contribution in [0.5, 0.6) is 5.88 Å². The Morgan fingerprint density at radius 1 is 1.12 bits per heavy atom. The highest BCUT2D eigenvalue weighted by Gasteiger charge is 2.23. The number of ether oxygens (including phenoxy) is 2. The highest BCUT2D eigenvalue weighted by molar-refractivity contribution is 7.10. The molecule has 0 bridgehead atoms. The van der Waals surface area contributed by atoms with Crippen molar-refractivity contribution in [3.05, 3.63) is 88.1 Å². The van der Waals surface area contributed by atoms with E-state index < -0.39 is 0 Å². The Bertz CT molecular complexity index is 1140. The largest absolute Gasteiger partial charge is 0.477 e. The summed E-state index contributed by atoms with van der Waals surface area (Å²) in [6, 6.07) is 17.5. The predicted octanol–water partition coefficient (Wildman–Crippen LogP) is 5.23. The lowest BCUT2D eigenvalue weighted by molar-refractivity contribution is -0.142. The smallest absolute Gasteiger partial charge is 0.314 e. The number of esters is 1. The SMILES string of the molecule is COC(=O)C(Cc1ccc(OCCc2nc(-c3ccccc3)oc2C)nc1)c1cccs1. The zero-order chi connectivity index (χ0) is 22.3. The second kappa shape index (κ2) is 10.2. The molecule has 0 saturated carbocycles. The van der Waals surface area contributed by atoms with Gasteiger partial charge in [-0.2, -0.15) is 0 Å². The number of aromatic nitrogens is 2. The lowest BCUT2D eigenvalue weighted by Gasteiger charge is -2.13. The Kier molecular flexibility index (Phi) is 6.97. The number of pyridine rings is 1. The molecule has 0 N–H and O–H groups in total. The quantitative estimate of drug-likeness (QED) is 0.327. The van der Waals surface area contributed by atoms with Gasteiger partial charge in [-0.15, -0.1) is 11.3 Å². The molecule has 3 aromatic heterocycles. The van der Waals surface area contributed by atoms with Gasteiger partial charge in [0, 0.05) is 29.1 Å². The molecule has 1 unspecified atom stereocenters. The molecular weight excluding hydrogens is 424 g/mol. The number of carbonyl (C=O) groups is 1. The van der Waals surface area contributed by atoms with Crippen molar-refractivity contribution >= 4 is 17.3 Å². The predicted molar refractivity (Wildman–Crippen MR) is 123 cm³/mol. The number of oxazole rings is 1. The minimum absolute atomic E-state index is 0.245. The third kappa shape index (κ3) is 5.23. The van der Waals surface area contributed by atoms with Crippen LogP contribution in [0.4, 0.5) is 0 Å². The number of rotatable bonds is 9. The number of carbonyl (C=O) groups excluding carboxylic acids is 1. The van der Waals surface area contributed by atoms with Gasteiger partial charge in [-0.3, -0.25) is 4.79 Å². The maximum Gasteiger partial charge on any atom is 0.314 e. The zero-order valence-electron chi connectivity index (χ0n) is 18.0. The van der Waals surface area contributed by atoms with Crippen molar-refractivity contribution in [1.82, 2.24) is 9.97 Å². The molecule has 6 nitrogen and oxygen atoms in total. The number of thiophene rings is 1. The van der Waals surface area contributed by atoms with E-state index in [1.807, 2.05) is 66.9 Å². The summed E-state index contributed by atoms with van der Waals surface area (Å²) in [4.78, 5) is 22.2. The van der Waals surface area contributed by atoms with Crippen LogP contribution in [0.3, 0.4) is 0 Å². The molecule has 1 atom stereocenters. The average Bonchev–Trinajstić information content (AvgIpc) is 3.49. The number of hydrogen-bond acceptors (Lipinski definition) is 7. The maximum atomic E-state index is 12.2. The van der Waals surface area contributed by atoms with Crippen LogP contribution in [-0.2, 0) is 22.4 Å². The van der Waals surface area contributed by atoms with Gasteiger partial charge in [-0.25, -0.2) is 9.97 Å². The fraction of sp³-hybridized carbons (Fsp3) is 0.240. The van der Waals surface area contributed by atoms with Gasteiger partial charge in [0.2, 0.25) is 11.8 Å². The van der Waals surface area contributed by atoms with Gasteiger partial charge in [-0.1, -0.05) is 30.3 Å². The topological polar surface area (TPSA) is 74.5 Å². The van der Waals surface area contributed by atoms with E-state index in [2.05, 4.69) is 9.97 Å². The molecule has 0 fully saturated rings. The molecule has 1 aromatic carbocycles. The van der Waals surface area contributed by atoms with E-state index >= 15 is 0 Å². The van der Waals surface area contributed by atoms with Crippen LogP contribution in [-0.4, -0.2) is 29.7 Å². The van der Waals surface area contributed by atoms with Crippen molar-refractivity contribution < 1.29 is 18.7 Å². The molecule has 164 valence electrons. The third-order valence-corrected chi connectivity index (χ3v) is 6.10. The first kappa shape index (κ1) is 21.8. The number of nitrogens with zero attached hydrogens (tertiary/aromatic N) is 2. The van der Waals surface area contributed by atoms with Crippen LogP contribution in [0, 0.1) is 6.92 Å². The standard InChI is InChI=1S/C25H24N2O4S/c1-17-21(27-24(31-17)19-7-4-3-5-8-19)12-13-30-23-11-10-18(16-26-23)15-20(25(28)29-2)22-9-6-14-32-22/h3-11,14,16,20H,12-13,15H2,1-2H3. The summed E-state index contributed by atoms with van der Waals surface area (Å²) in [5.41, 5.74) is 2.77. The molecule has 4 rings (SSSR count). The Labute approximate surface area is 190 Å².